The minimum Gasteiger partial charge on any atom is -0.486 e. The van der Waals surface area contributed by atoms with Gasteiger partial charge in [-0.25, -0.2) is 0 Å². The van der Waals surface area contributed by atoms with Gasteiger partial charge in [0, 0.05) is 133 Å². The van der Waals surface area contributed by atoms with Gasteiger partial charge in [-0.1, -0.05) is 159 Å². The smallest absolute Gasteiger partial charge is 0.232 e. The summed E-state index contributed by atoms with van der Waals surface area (Å²) < 4.78 is 43.1. The maximum Gasteiger partial charge on any atom is 0.232 e. The summed E-state index contributed by atoms with van der Waals surface area (Å²) in [4.78, 5) is 128. The lowest BCUT2D eigenvalue weighted by atomic mass is 9.97. The number of benzene rings is 10. The molecule has 4 aliphatic rings. The first-order valence-corrected chi connectivity index (χ1v) is 41.4. The predicted octanol–water partition coefficient (Wildman–Crippen LogP) is 16.8. The Kier molecular flexibility index (Phi) is 33.1. The molecule has 10 aromatic carbocycles. The number of aromatic nitrogens is 2. The topological polar surface area (TPSA) is 320 Å². The molecule has 24 nitrogen and oxygen atoms in total. The van der Waals surface area contributed by atoms with Crippen LogP contribution in [0.3, 0.4) is 0 Å². The number of carbonyl (C=O) groups is 10. The molecule has 0 radical (unpaired) electrons. The van der Waals surface area contributed by atoms with Crippen LogP contribution in [0.5, 0.6) is 46.0 Å². The number of ether oxygens (including phenoxy) is 8. The fourth-order valence-corrected chi connectivity index (χ4v) is 14.1. The van der Waals surface area contributed by atoms with Gasteiger partial charge in [-0.05, 0) is 149 Å². The van der Waals surface area contributed by atoms with E-state index in [2.05, 4.69) is 10.2 Å². The second-order valence-electron chi connectivity index (χ2n) is 30.3. The number of hydrogen-bond donors (Lipinski definition) is 3. The molecule has 642 valence electrons. The number of aromatic amines is 1. The number of H-pyrrole nitrogens is 1. The summed E-state index contributed by atoms with van der Waals surface area (Å²) in [6, 6.07) is 64.9. The van der Waals surface area contributed by atoms with Crippen LogP contribution in [0.15, 0.2) is 218 Å². The molecule has 2 atom stereocenters. The summed E-state index contributed by atoms with van der Waals surface area (Å²) >= 11 is 0. The molecule has 3 N–H and O–H groups in total. The molecular weight excluding hydrogens is 1580 g/mol. The molecule has 4 aliphatic heterocycles. The Bertz CT molecular complexity index is 5650. The minimum atomic E-state index is -1.04. The number of nitrogens with zero attached hydrogens (tertiary/aromatic N) is 3. The van der Waals surface area contributed by atoms with E-state index in [1.54, 1.807) is 97.1 Å². The van der Waals surface area contributed by atoms with Gasteiger partial charge in [-0.2, -0.15) is 5.10 Å². The highest BCUT2D eigenvalue weighted by molar-refractivity contribution is 6.09. The molecule has 0 saturated carbocycles. The monoisotopic (exact) mass is 1680 g/mol. The number of aliphatic hydroxyl groups excluding tert-OH is 2. The van der Waals surface area contributed by atoms with Crippen molar-refractivity contribution in [3.8, 4) is 46.0 Å². The van der Waals surface area contributed by atoms with Crippen molar-refractivity contribution in [3.63, 3.8) is 0 Å². The van der Waals surface area contributed by atoms with Gasteiger partial charge in [0.2, 0.25) is 12.6 Å². The number of aryl methyl sites for hydroxylation is 3. The molecule has 124 heavy (non-hydrogen) atoms. The van der Waals surface area contributed by atoms with Crippen molar-refractivity contribution in [1.29, 1.82) is 0 Å². The molecule has 2 unspecified atom stereocenters. The van der Waals surface area contributed by atoms with Crippen LogP contribution in [0.4, 0.5) is 0 Å². The van der Waals surface area contributed by atoms with E-state index in [1.165, 1.54) is 0 Å². The van der Waals surface area contributed by atoms with Gasteiger partial charge >= 0.3 is 0 Å². The van der Waals surface area contributed by atoms with Crippen molar-refractivity contribution in [2.75, 3.05) is 67.8 Å². The Hall–Kier alpha value is -13.4. The van der Waals surface area contributed by atoms with Crippen LogP contribution in [0.2, 0.25) is 0 Å². The third kappa shape index (κ3) is 25.6. The molecule has 1 aromatic heterocycles. The normalized spacial score (nSPS) is 13.6. The third-order valence-corrected chi connectivity index (χ3v) is 20.6. The first-order valence-electron chi connectivity index (χ1n) is 41.4. The molecule has 0 saturated heterocycles. The highest BCUT2D eigenvalue weighted by atomic mass is 16.7. The number of rotatable bonds is 31. The van der Waals surface area contributed by atoms with E-state index < -0.39 is 12.6 Å². The van der Waals surface area contributed by atoms with E-state index in [9.17, 15) is 58.2 Å². The average molecular weight is 1680 g/mol. The van der Waals surface area contributed by atoms with Gasteiger partial charge in [0.15, 0.2) is 117 Å². The van der Waals surface area contributed by atoms with E-state index in [-0.39, 0.29) is 135 Å². The molecule has 0 bridgehead atoms. The number of Topliss-reactive ketones (excluding diaryl/α,β-unsaturated/α-hetero) is 10. The van der Waals surface area contributed by atoms with Crippen molar-refractivity contribution in [2.45, 2.75) is 123 Å². The number of para-hydroxylation sites is 1. The Morgan fingerprint density at radius 1 is 0.331 bits per heavy atom. The zero-order chi connectivity index (χ0) is 88.2. The van der Waals surface area contributed by atoms with Gasteiger partial charge in [0.1, 0.15) is 32.1 Å². The Balaban J connectivity index is 0.000000151. The standard InChI is InChI=1S/C21H23NO5.C21H23NO4.C20H20O5.C20H20O4.C18H16N2O2/c1-22(2)12-15-5-3-4-6-16(15)18(24)9-8-17(23)14-7-10-19-20(11-14)27-21(25)13-26-19;1-22(2)14-16-5-3-4-6-17(16)19(24)9-8-18(23)15-7-10-20-21(13-15)26-12-11-25-20;1-2-13-5-3-4-6-15(13)17(22)9-8-16(21)14-7-10-18-19(11-14)25-20(23)12-24-18;1-2-14-5-3-4-6-16(14)18(22)9-8-17(21)15-7-10-19-20(13-15)24-12-11-23-19;1-12-6-8-13(9-7-12)16(21)10-11-17(22)18-14-4-2-3-5-15(14)19-20-18/h3-7,10-11,21,25H,8-9,12-13H2,1-2H3;3-7,10,13H,8-9,11-12,14H2,1-2H3;3-7,10-11,20,23H,2,8-9,12H2,1H3;3-7,10,13H,2,8-9,11-12H2,1H3;2-9H,10-11H2,1H3,(H,19,20). The molecule has 5 heterocycles. The molecule has 0 aliphatic carbocycles. The quantitative estimate of drug-likeness (QED) is 0.0340. The Morgan fingerprint density at radius 2 is 0.621 bits per heavy atom. The number of fused-ring (bicyclic) bond motifs is 5. The molecular formula is C100H102N4O20. The van der Waals surface area contributed by atoms with Gasteiger partial charge in [0.25, 0.3) is 0 Å². The van der Waals surface area contributed by atoms with Crippen LogP contribution < -0.4 is 37.9 Å². The van der Waals surface area contributed by atoms with Crippen LogP contribution in [0, 0.1) is 6.92 Å². The lowest BCUT2D eigenvalue weighted by molar-refractivity contribution is -0.0672. The van der Waals surface area contributed by atoms with Gasteiger partial charge in [-0.3, -0.25) is 53.0 Å². The predicted molar refractivity (Wildman–Crippen MR) is 468 cm³/mol. The van der Waals surface area contributed by atoms with Crippen LogP contribution >= 0.6 is 0 Å². The first-order chi connectivity index (χ1) is 59.9. The zero-order valence-corrected chi connectivity index (χ0v) is 70.7. The summed E-state index contributed by atoms with van der Waals surface area (Å²) in [5, 5.41) is 26.7. The van der Waals surface area contributed by atoms with E-state index in [0.29, 0.717) is 136 Å². The molecule has 24 heteroatoms. The summed E-state index contributed by atoms with van der Waals surface area (Å²) in [6.45, 7) is 9.47. The second-order valence-corrected chi connectivity index (χ2v) is 30.3. The number of hydrogen-bond acceptors (Lipinski definition) is 23. The highest BCUT2D eigenvalue weighted by Crippen LogP contribution is 2.37. The molecule has 0 amide bonds. The molecule has 0 fully saturated rings. The van der Waals surface area contributed by atoms with E-state index in [4.69, 9.17) is 37.9 Å². The van der Waals surface area contributed by atoms with Crippen molar-refractivity contribution in [3.05, 3.63) is 302 Å². The van der Waals surface area contributed by atoms with E-state index in [0.717, 1.165) is 57.1 Å². The second kappa shape index (κ2) is 44.9. The highest BCUT2D eigenvalue weighted by Gasteiger charge is 2.26. The zero-order valence-electron chi connectivity index (χ0n) is 70.7. The lowest BCUT2D eigenvalue weighted by Crippen LogP contribution is -2.28. The number of carbonyl (C=O) groups excluding carboxylic acids is 10. The van der Waals surface area contributed by atoms with Crippen LogP contribution in [0.25, 0.3) is 10.9 Å². The molecule has 15 rings (SSSR count). The first kappa shape index (κ1) is 91.4. The van der Waals surface area contributed by atoms with Crippen LogP contribution in [-0.4, -0.2) is 168 Å². The van der Waals surface area contributed by atoms with E-state index in [1.807, 2.05) is 180 Å². The summed E-state index contributed by atoms with van der Waals surface area (Å²) in [6.07, 6.45) is 1.17. The van der Waals surface area contributed by atoms with Crippen molar-refractivity contribution in [2.24, 2.45) is 0 Å². The molecule has 11 aromatic rings. The summed E-state index contributed by atoms with van der Waals surface area (Å²) in [5.74, 6) is 3.52. The van der Waals surface area contributed by atoms with Crippen molar-refractivity contribution < 1.29 is 96.1 Å². The maximum absolute atomic E-state index is 12.6. The van der Waals surface area contributed by atoms with Gasteiger partial charge in [-0.15, -0.1) is 0 Å². The van der Waals surface area contributed by atoms with E-state index >= 15 is 0 Å². The fourth-order valence-electron chi connectivity index (χ4n) is 14.1. The Morgan fingerprint density at radius 3 is 0.992 bits per heavy atom. The third-order valence-electron chi connectivity index (χ3n) is 20.6. The van der Waals surface area contributed by atoms with Crippen molar-refractivity contribution >= 4 is 68.7 Å². The average Bonchev–Trinajstić information content (AvgIpc) is 1.57. The van der Waals surface area contributed by atoms with Crippen molar-refractivity contribution in [1.82, 2.24) is 20.0 Å². The summed E-state index contributed by atoms with van der Waals surface area (Å²) in [5.41, 5.74) is 11.7. The maximum atomic E-state index is 12.6. The van der Waals surface area contributed by atoms with Crippen LogP contribution in [0.1, 0.15) is 210 Å². The molecule has 0 spiro atoms. The number of ketones is 10. The SMILES string of the molecule is CCc1ccccc1C(=O)CCC(=O)c1ccc2c(c1)OC(O)CO2.CCc1ccccc1C(=O)CCC(=O)c1ccc2c(c1)OCCO2.CN(C)Cc1ccccc1C(=O)CCC(=O)c1ccc2c(c1)OC(O)CO2.CN(C)Cc1ccccc1C(=O)CCC(=O)c1ccc2c(c1)OCCO2.Cc1ccc(C(=O)CCC(=O)c2n[nH]c3ccccc23)cc1. The minimum absolute atomic E-state index is 0.00616. The summed E-state index contributed by atoms with van der Waals surface area (Å²) in [7, 11) is 7.83. The Labute approximate surface area is 720 Å². The largest absolute Gasteiger partial charge is 0.486 e. The van der Waals surface area contributed by atoms with Gasteiger partial charge in [0.05, 0.1) is 5.52 Å². The number of aliphatic hydroxyl groups is 2. The van der Waals surface area contributed by atoms with Gasteiger partial charge < -0.3 is 57.9 Å². The van der Waals surface area contributed by atoms with Crippen LogP contribution in [-0.2, 0) is 25.9 Å². The lowest BCUT2D eigenvalue weighted by Gasteiger charge is -2.23. The number of nitrogens with one attached hydrogen (secondary N) is 1. The fraction of sp³-hybridized carbons (Fsp3) is 0.290.